The lowest BCUT2D eigenvalue weighted by atomic mass is 9.90. The average Bonchev–Trinajstić information content (AvgIpc) is 2.72. The van der Waals surface area contributed by atoms with Crippen molar-refractivity contribution in [3.8, 4) is 6.07 Å². The molecule has 0 spiro atoms. The van der Waals surface area contributed by atoms with Gasteiger partial charge in [0, 0.05) is 11.1 Å². The lowest BCUT2D eigenvalue weighted by molar-refractivity contribution is -0.120. The van der Waals surface area contributed by atoms with Gasteiger partial charge in [-0.2, -0.15) is 5.26 Å². The van der Waals surface area contributed by atoms with E-state index in [1.165, 1.54) is 18.2 Å². The van der Waals surface area contributed by atoms with Gasteiger partial charge in [-0.15, -0.1) is 0 Å². The quantitative estimate of drug-likeness (QED) is 0.513. The normalized spacial score (nSPS) is 16.9. The second-order valence-electron chi connectivity index (χ2n) is 8.33. The molecule has 160 valence electrons. The van der Waals surface area contributed by atoms with Crippen molar-refractivity contribution in [1.29, 1.82) is 5.26 Å². The summed E-state index contributed by atoms with van der Waals surface area (Å²) < 4.78 is 1.76. The molecule has 0 aliphatic heterocycles. The van der Waals surface area contributed by atoms with Crippen molar-refractivity contribution in [2.45, 2.75) is 69.6 Å². The van der Waals surface area contributed by atoms with E-state index in [2.05, 4.69) is 11.4 Å². The molecular weight excluding hydrogens is 420 g/mol. The Hall–Kier alpha value is -2.04. The summed E-state index contributed by atoms with van der Waals surface area (Å²) in [4.78, 5) is 30.6. The SMILES string of the molecule is CC(C)[C@@](C)(C#N)NC(=O)CSc1nc2cc(Cl)ccc2c(=O)n1C1CCCCC1. The second kappa shape index (κ2) is 9.40. The Bertz CT molecular complexity index is 1040. The molecule has 1 fully saturated rings. The van der Waals surface area contributed by atoms with Gasteiger partial charge in [0.15, 0.2) is 5.16 Å². The molecule has 0 radical (unpaired) electrons. The molecule has 0 saturated heterocycles. The summed E-state index contributed by atoms with van der Waals surface area (Å²) in [5, 5.41) is 13.8. The predicted molar refractivity (Wildman–Crippen MR) is 121 cm³/mol. The molecular formula is C22H27ClN4O2S. The number of hydrogen-bond donors (Lipinski definition) is 1. The van der Waals surface area contributed by atoms with Gasteiger partial charge in [-0.25, -0.2) is 4.98 Å². The van der Waals surface area contributed by atoms with E-state index in [0.717, 1.165) is 25.7 Å². The van der Waals surface area contributed by atoms with E-state index in [4.69, 9.17) is 16.6 Å². The minimum Gasteiger partial charge on any atom is -0.337 e. The average molecular weight is 447 g/mol. The fraction of sp³-hybridized carbons (Fsp3) is 0.545. The zero-order valence-corrected chi connectivity index (χ0v) is 19.1. The number of carbonyl (C=O) groups is 1. The third-order valence-electron chi connectivity index (χ3n) is 5.89. The lowest BCUT2D eigenvalue weighted by Crippen LogP contribution is -2.49. The molecule has 30 heavy (non-hydrogen) atoms. The molecule has 0 bridgehead atoms. The highest BCUT2D eigenvalue weighted by molar-refractivity contribution is 7.99. The van der Waals surface area contributed by atoms with Crippen LogP contribution < -0.4 is 10.9 Å². The Kier molecular flexibility index (Phi) is 7.10. The number of nitrogens with zero attached hydrogens (tertiary/aromatic N) is 3. The molecule has 1 aliphatic rings. The van der Waals surface area contributed by atoms with Crippen LogP contribution in [0.25, 0.3) is 10.9 Å². The van der Waals surface area contributed by atoms with Crippen molar-refractivity contribution in [2.75, 3.05) is 5.75 Å². The first-order valence-corrected chi connectivity index (χ1v) is 11.7. The number of nitrogens with one attached hydrogen (secondary N) is 1. The fourth-order valence-electron chi connectivity index (χ4n) is 3.67. The third kappa shape index (κ3) is 4.81. The number of amides is 1. The van der Waals surface area contributed by atoms with Crippen LogP contribution in [0.1, 0.15) is 58.9 Å². The topological polar surface area (TPSA) is 87.8 Å². The van der Waals surface area contributed by atoms with Crippen LogP contribution in [-0.4, -0.2) is 26.8 Å². The summed E-state index contributed by atoms with van der Waals surface area (Å²) in [6.45, 7) is 5.51. The van der Waals surface area contributed by atoms with Crippen LogP contribution in [0.2, 0.25) is 5.02 Å². The molecule has 1 N–H and O–H groups in total. The number of rotatable bonds is 6. The van der Waals surface area contributed by atoms with Gasteiger partial charge in [-0.05, 0) is 43.9 Å². The van der Waals surface area contributed by atoms with Crippen LogP contribution in [0.4, 0.5) is 0 Å². The van der Waals surface area contributed by atoms with Gasteiger partial charge in [-0.3, -0.25) is 14.2 Å². The number of halogens is 1. The van der Waals surface area contributed by atoms with Crippen LogP contribution in [-0.2, 0) is 4.79 Å². The Labute approximate surface area is 186 Å². The first-order chi connectivity index (χ1) is 14.2. The first-order valence-electron chi connectivity index (χ1n) is 10.3. The fourth-order valence-corrected chi connectivity index (χ4v) is 4.70. The largest absolute Gasteiger partial charge is 0.337 e. The zero-order chi connectivity index (χ0) is 21.9. The number of fused-ring (bicyclic) bond motifs is 1. The van der Waals surface area contributed by atoms with Gasteiger partial charge >= 0.3 is 0 Å². The summed E-state index contributed by atoms with van der Waals surface area (Å²) in [6, 6.07) is 7.37. The van der Waals surface area contributed by atoms with Crippen molar-refractivity contribution in [3.05, 3.63) is 33.6 Å². The molecule has 0 unspecified atom stereocenters. The number of aromatic nitrogens is 2. The minimum absolute atomic E-state index is 0.0298. The summed E-state index contributed by atoms with van der Waals surface area (Å²) in [7, 11) is 0. The smallest absolute Gasteiger partial charge is 0.262 e. The number of hydrogen-bond acceptors (Lipinski definition) is 5. The van der Waals surface area contributed by atoms with Crippen LogP contribution in [0.3, 0.4) is 0 Å². The summed E-state index contributed by atoms with van der Waals surface area (Å²) in [5.41, 5.74) is -0.493. The minimum atomic E-state index is -0.939. The van der Waals surface area contributed by atoms with E-state index in [9.17, 15) is 14.9 Å². The zero-order valence-electron chi connectivity index (χ0n) is 17.6. The molecule has 6 nitrogen and oxygen atoms in total. The van der Waals surface area contributed by atoms with Crippen LogP contribution >= 0.6 is 23.4 Å². The number of thioether (sulfide) groups is 1. The van der Waals surface area contributed by atoms with Crippen LogP contribution in [0, 0.1) is 17.2 Å². The molecule has 2 aromatic rings. The number of carbonyl (C=O) groups excluding carboxylic acids is 1. The molecule has 1 atom stereocenters. The molecule has 1 saturated carbocycles. The first kappa shape index (κ1) is 22.6. The maximum atomic E-state index is 13.3. The highest BCUT2D eigenvalue weighted by Gasteiger charge is 2.30. The Balaban J connectivity index is 1.92. The highest BCUT2D eigenvalue weighted by Crippen LogP contribution is 2.31. The van der Waals surface area contributed by atoms with Crippen molar-refractivity contribution in [2.24, 2.45) is 5.92 Å². The van der Waals surface area contributed by atoms with E-state index in [1.54, 1.807) is 29.7 Å². The van der Waals surface area contributed by atoms with Gasteiger partial charge in [0.2, 0.25) is 5.91 Å². The molecule has 3 rings (SSSR count). The molecule has 1 aromatic carbocycles. The van der Waals surface area contributed by atoms with E-state index in [-0.39, 0.29) is 29.2 Å². The summed E-state index contributed by atoms with van der Waals surface area (Å²) >= 11 is 7.34. The summed E-state index contributed by atoms with van der Waals surface area (Å²) in [5.74, 6) is -0.207. The van der Waals surface area contributed by atoms with E-state index >= 15 is 0 Å². The van der Waals surface area contributed by atoms with Gasteiger partial charge in [0.1, 0.15) is 5.54 Å². The van der Waals surface area contributed by atoms with Crippen molar-refractivity contribution >= 4 is 40.2 Å². The van der Waals surface area contributed by atoms with Gasteiger partial charge < -0.3 is 5.32 Å². The van der Waals surface area contributed by atoms with Gasteiger partial charge in [0.05, 0.1) is 22.7 Å². The Morgan fingerprint density at radius 2 is 2.10 bits per heavy atom. The van der Waals surface area contributed by atoms with Gasteiger partial charge in [-0.1, -0.05) is 56.5 Å². The van der Waals surface area contributed by atoms with Gasteiger partial charge in [0.25, 0.3) is 5.56 Å². The molecule has 1 aromatic heterocycles. The van der Waals surface area contributed by atoms with Crippen molar-refractivity contribution in [1.82, 2.24) is 14.9 Å². The van der Waals surface area contributed by atoms with E-state index in [1.807, 2.05) is 13.8 Å². The van der Waals surface area contributed by atoms with Crippen LogP contribution in [0.5, 0.6) is 0 Å². The maximum absolute atomic E-state index is 13.3. The monoisotopic (exact) mass is 446 g/mol. The summed E-state index contributed by atoms with van der Waals surface area (Å²) in [6.07, 6.45) is 5.19. The molecule has 1 aliphatic carbocycles. The molecule has 1 amide bonds. The molecule has 1 heterocycles. The second-order valence-corrected chi connectivity index (χ2v) is 9.71. The van der Waals surface area contributed by atoms with Crippen LogP contribution in [0.15, 0.2) is 28.2 Å². The molecule has 8 heteroatoms. The number of nitriles is 1. The van der Waals surface area contributed by atoms with E-state index < -0.39 is 5.54 Å². The van der Waals surface area contributed by atoms with E-state index in [0.29, 0.717) is 21.1 Å². The Morgan fingerprint density at radius 1 is 1.40 bits per heavy atom. The maximum Gasteiger partial charge on any atom is 0.262 e. The van der Waals surface area contributed by atoms with Crippen molar-refractivity contribution in [3.63, 3.8) is 0 Å². The van der Waals surface area contributed by atoms with Crippen molar-refractivity contribution < 1.29 is 4.79 Å². The standard InChI is InChI=1S/C22H27ClN4O2S/c1-14(2)22(3,13-24)26-19(28)12-30-21-25-18-11-15(23)9-10-17(18)20(29)27(21)16-7-5-4-6-8-16/h9-11,14,16H,4-8,12H2,1-3H3,(H,26,28)/t22-/m1/s1. The predicted octanol–water partition coefficient (Wildman–Crippen LogP) is 4.70. The Morgan fingerprint density at radius 3 is 2.73 bits per heavy atom. The number of benzene rings is 1. The lowest BCUT2D eigenvalue weighted by Gasteiger charge is -2.28. The third-order valence-corrected chi connectivity index (χ3v) is 7.08. The highest BCUT2D eigenvalue weighted by atomic mass is 35.5.